The summed E-state index contributed by atoms with van der Waals surface area (Å²) in [4.78, 5) is 21.2. The standard InChI is InChI=1S/C19H22N4O/c1-22-13-17-9-16(21-19(24)14-6-4-8-20-10-14)12-23(17)11-15-5-2-3-7-18(15)22/h2-8,10,16-17H,9,11-13H2,1H3,(H,21,24)/t16-,17-/m0/s1. The minimum absolute atomic E-state index is 0.0282. The fourth-order valence-electron chi connectivity index (χ4n) is 3.89. The number of anilines is 1. The molecule has 1 N–H and O–H groups in total. The summed E-state index contributed by atoms with van der Waals surface area (Å²) in [5.41, 5.74) is 3.31. The Morgan fingerprint density at radius 3 is 2.92 bits per heavy atom. The van der Waals surface area contributed by atoms with Gasteiger partial charge in [0.2, 0.25) is 0 Å². The van der Waals surface area contributed by atoms with Crippen LogP contribution in [-0.2, 0) is 6.54 Å². The molecule has 2 aliphatic heterocycles. The maximum Gasteiger partial charge on any atom is 0.253 e. The molecule has 0 saturated carbocycles. The largest absolute Gasteiger partial charge is 0.373 e. The van der Waals surface area contributed by atoms with Gasteiger partial charge in [0.15, 0.2) is 0 Å². The number of hydrogen-bond donors (Lipinski definition) is 1. The molecule has 2 aromatic rings. The van der Waals surface area contributed by atoms with Crippen molar-refractivity contribution in [3.8, 4) is 0 Å². The summed E-state index contributed by atoms with van der Waals surface area (Å²) in [7, 11) is 2.16. The lowest BCUT2D eigenvalue weighted by molar-refractivity contribution is 0.0937. The van der Waals surface area contributed by atoms with Gasteiger partial charge in [-0.2, -0.15) is 0 Å². The van der Waals surface area contributed by atoms with Crippen molar-refractivity contribution < 1.29 is 4.79 Å². The SMILES string of the molecule is CN1C[C@@H]2C[C@H](NC(=O)c3cccnc3)CN2Cc2ccccc21. The molecular weight excluding hydrogens is 300 g/mol. The molecule has 0 bridgehead atoms. The average molecular weight is 322 g/mol. The number of likely N-dealkylation sites (N-methyl/N-ethyl adjacent to an activating group) is 1. The topological polar surface area (TPSA) is 48.5 Å². The van der Waals surface area contributed by atoms with E-state index in [4.69, 9.17) is 0 Å². The highest BCUT2D eigenvalue weighted by Crippen LogP contribution is 2.30. The number of aromatic nitrogens is 1. The van der Waals surface area contributed by atoms with Crippen molar-refractivity contribution >= 4 is 11.6 Å². The van der Waals surface area contributed by atoms with E-state index >= 15 is 0 Å². The molecule has 5 heteroatoms. The molecule has 24 heavy (non-hydrogen) atoms. The fourth-order valence-corrected chi connectivity index (χ4v) is 3.89. The number of carbonyl (C=O) groups excluding carboxylic acids is 1. The highest BCUT2D eigenvalue weighted by Gasteiger charge is 2.36. The molecule has 0 radical (unpaired) electrons. The number of nitrogens with one attached hydrogen (secondary N) is 1. The monoisotopic (exact) mass is 322 g/mol. The molecule has 4 rings (SSSR count). The van der Waals surface area contributed by atoms with Gasteiger partial charge >= 0.3 is 0 Å². The van der Waals surface area contributed by atoms with Crippen LogP contribution in [0.4, 0.5) is 5.69 Å². The Morgan fingerprint density at radius 1 is 1.21 bits per heavy atom. The molecule has 2 atom stereocenters. The number of carbonyl (C=O) groups is 1. The summed E-state index contributed by atoms with van der Waals surface area (Å²) in [5.74, 6) is -0.0282. The normalized spacial score (nSPS) is 23.3. The molecule has 124 valence electrons. The molecule has 1 saturated heterocycles. The van der Waals surface area contributed by atoms with Crippen LogP contribution < -0.4 is 10.2 Å². The van der Waals surface area contributed by atoms with Crippen molar-refractivity contribution in [2.45, 2.75) is 25.0 Å². The van der Waals surface area contributed by atoms with E-state index in [-0.39, 0.29) is 11.9 Å². The third kappa shape index (κ3) is 2.87. The van der Waals surface area contributed by atoms with Gasteiger partial charge in [-0.1, -0.05) is 18.2 Å². The van der Waals surface area contributed by atoms with Crippen molar-refractivity contribution in [2.75, 3.05) is 25.0 Å². The van der Waals surface area contributed by atoms with E-state index in [9.17, 15) is 4.79 Å². The Labute approximate surface area is 142 Å². The van der Waals surface area contributed by atoms with E-state index in [1.54, 1.807) is 24.5 Å². The predicted molar refractivity (Wildman–Crippen MR) is 94.0 cm³/mol. The molecule has 0 spiro atoms. The molecule has 5 nitrogen and oxygen atoms in total. The number of nitrogens with zero attached hydrogens (tertiary/aromatic N) is 3. The van der Waals surface area contributed by atoms with Crippen molar-refractivity contribution in [2.24, 2.45) is 0 Å². The second-order valence-corrected chi connectivity index (χ2v) is 6.74. The number of pyridine rings is 1. The lowest BCUT2D eigenvalue weighted by Crippen LogP contribution is -2.37. The van der Waals surface area contributed by atoms with Crippen LogP contribution in [-0.4, -0.2) is 48.0 Å². The van der Waals surface area contributed by atoms with E-state index in [1.807, 2.05) is 0 Å². The highest BCUT2D eigenvalue weighted by molar-refractivity contribution is 5.94. The van der Waals surface area contributed by atoms with Gasteiger partial charge in [-0.05, 0) is 30.2 Å². The zero-order valence-electron chi connectivity index (χ0n) is 13.9. The smallest absolute Gasteiger partial charge is 0.253 e. The highest BCUT2D eigenvalue weighted by atomic mass is 16.1. The van der Waals surface area contributed by atoms with E-state index in [0.29, 0.717) is 11.6 Å². The molecule has 1 aromatic carbocycles. The molecule has 1 aromatic heterocycles. The summed E-state index contributed by atoms with van der Waals surface area (Å²) in [5, 5.41) is 3.17. The minimum Gasteiger partial charge on any atom is -0.373 e. The quantitative estimate of drug-likeness (QED) is 0.917. The summed E-state index contributed by atoms with van der Waals surface area (Å²) in [6.45, 7) is 2.85. The number of benzene rings is 1. The summed E-state index contributed by atoms with van der Waals surface area (Å²) < 4.78 is 0. The van der Waals surface area contributed by atoms with Gasteiger partial charge < -0.3 is 10.2 Å². The van der Waals surface area contributed by atoms with Crippen LogP contribution in [0.5, 0.6) is 0 Å². The van der Waals surface area contributed by atoms with E-state index in [2.05, 4.69) is 51.4 Å². The first kappa shape index (κ1) is 15.1. The van der Waals surface area contributed by atoms with Gasteiger partial charge in [0.1, 0.15) is 0 Å². The molecular formula is C19H22N4O. The lowest BCUT2D eigenvalue weighted by atomic mass is 10.1. The average Bonchev–Trinajstić information content (AvgIpc) is 2.91. The molecule has 1 fully saturated rings. The maximum atomic E-state index is 12.4. The second kappa shape index (κ2) is 6.24. The Hall–Kier alpha value is -2.40. The van der Waals surface area contributed by atoms with Crippen LogP contribution in [0.2, 0.25) is 0 Å². The maximum absolute atomic E-state index is 12.4. The Balaban J connectivity index is 1.46. The first-order valence-electron chi connectivity index (χ1n) is 8.44. The van der Waals surface area contributed by atoms with Crippen molar-refractivity contribution in [1.29, 1.82) is 0 Å². The Bertz CT molecular complexity index is 733. The summed E-state index contributed by atoms with van der Waals surface area (Å²) in [6, 6.07) is 12.9. The van der Waals surface area contributed by atoms with Crippen LogP contribution in [0, 0.1) is 0 Å². The number of rotatable bonds is 2. The number of fused-ring (bicyclic) bond motifs is 2. The van der Waals surface area contributed by atoms with Crippen LogP contribution in [0.15, 0.2) is 48.8 Å². The van der Waals surface area contributed by atoms with Crippen LogP contribution in [0.1, 0.15) is 22.3 Å². The molecule has 2 aliphatic rings. The van der Waals surface area contributed by atoms with Gasteiger partial charge in [0.05, 0.1) is 5.56 Å². The molecule has 3 heterocycles. The lowest BCUT2D eigenvalue weighted by Gasteiger charge is -2.24. The van der Waals surface area contributed by atoms with E-state index in [1.165, 1.54) is 11.3 Å². The number of para-hydroxylation sites is 1. The van der Waals surface area contributed by atoms with E-state index < -0.39 is 0 Å². The fraction of sp³-hybridized carbons (Fsp3) is 0.368. The van der Waals surface area contributed by atoms with Gasteiger partial charge in [0, 0.05) is 56.8 Å². The Morgan fingerprint density at radius 2 is 2.08 bits per heavy atom. The zero-order valence-corrected chi connectivity index (χ0v) is 13.9. The predicted octanol–water partition coefficient (Wildman–Crippen LogP) is 1.90. The Kier molecular flexibility index (Phi) is 3.94. The zero-order chi connectivity index (χ0) is 16.5. The summed E-state index contributed by atoms with van der Waals surface area (Å²) in [6.07, 6.45) is 4.29. The first-order chi connectivity index (χ1) is 11.7. The van der Waals surface area contributed by atoms with Crippen molar-refractivity contribution in [3.05, 3.63) is 59.9 Å². The molecule has 1 amide bonds. The van der Waals surface area contributed by atoms with Crippen LogP contribution in [0.25, 0.3) is 0 Å². The molecule has 0 unspecified atom stereocenters. The third-order valence-corrected chi connectivity index (χ3v) is 5.05. The molecule has 0 aliphatic carbocycles. The van der Waals surface area contributed by atoms with Crippen LogP contribution in [0.3, 0.4) is 0 Å². The number of hydrogen-bond acceptors (Lipinski definition) is 4. The van der Waals surface area contributed by atoms with Crippen molar-refractivity contribution in [3.63, 3.8) is 0 Å². The van der Waals surface area contributed by atoms with E-state index in [0.717, 1.165) is 26.1 Å². The number of amides is 1. The summed E-state index contributed by atoms with van der Waals surface area (Å²) >= 11 is 0. The van der Waals surface area contributed by atoms with Crippen molar-refractivity contribution in [1.82, 2.24) is 15.2 Å². The van der Waals surface area contributed by atoms with Crippen LogP contribution >= 0.6 is 0 Å². The van der Waals surface area contributed by atoms with Gasteiger partial charge in [0.25, 0.3) is 5.91 Å². The first-order valence-corrected chi connectivity index (χ1v) is 8.44. The van der Waals surface area contributed by atoms with Gasteiger partial charge in [-0.25, -0.2) is 0 Å². The third-order valence-electron chi connectivity index (χ3n) is 5.05. The second-order valence-electron chi connectivity index (χ2n) is 6.74. The minimum atomic E-state index is -0.0282. The van der Waals surface area contributed by atoms with Gasteiger partial charge in [-0.15, -0.1) is 0 Å². The van der Waals surface area contributed by atoms with Gasteiger partial charge in [-0.3, -0.25) is 14.7 Å².